The van der Waals surface area contributed by atoms with Gasteiger partial charge in [0.1, 0.15) is 0 Å². The van der Waals surface area contributed by atoms with Gasteiger partial charge in [0.15, 0.2) is 0 Å². The van der Waals surface area contributed by atoms with Gasteiger partial charge in [-0.3, -0.25) is 0 Å². The van der Waals surface area contributed by atoms with E-state index in [9.17, 15) is 19.8 Å². The van der Waals surface area contributed by atoms with Crippen LogP contribution in [0.25, 0.3) is 0 Å². The normalized spacial score (nSPS) is 7.36. The summed E-state index contributed by atoms with van der Waals surface area (Å²) in [5, 5.41) is 38.1. The van der Waals surface area contributed by atoms with Gasteiger partial charge in [-0.15, -0.1) is 0 Å². The summed E-state index contributed by atoms with van der Waals surface area (Å²) in [6.45, 7) is 0. The fraction of sp³-hybridized carbons (Fsp3) is 0. The van der Waals surface area contributed by atoms with Crippen molar-refractivity contribution in [2.75, 3.05) is 0 Å². The van der Waals surface area contributed by atoms with E-state index in [-0.39, 0.29) is 60.7 Å². The van der Waals surface area contributed by atoms with Gasteiger partial charge in [0.05, 0.1) is 11.1 Å². The van der Waals surface area contributed by atoms with E-state index in [1.807, 2.05) is 0 Å². The largest absolute Gasteiger partial charge is 2.00 e. The number of carboxylic acid groups (broad SMARTS) is 2. The third kappa shape index (κ3) is 11.0. The third-order valence-electron chi connectivity index (χ3n) is 2.23. The van der Waals surface area contributed by atoms with Gasteiger partial charge >= 0.3 is 39.6 Å². The summed E-state index contributed by atoms with van der Waals surface area (Å²) in [6.07, 6.45) is 0. The Kier molecular flexibility index (Phi) is 22.7. The molecule has 0 aliphatic carbocycles. The van der Waals surface area contributed by atoms with Gasteiger partial charge in [0.2, 0.25) is 0 Å². The SMILES string of the molecule is O.O.O.O.O=C(O)c1ccccc1[O-].O=C(O)c1ccccc1[O-].[Hg+2]. The molecular formula is C14H18HgO10. The summed E-state index contributed by atoms with van der Waals surface area (Å²) >= 11 is 0. The molecule has 2 aromatic rings. The smallest absolute Gasteiger partial charge is 0.872 e. The minimum Gasteiger partial charge on any atom is -0.872 e. The number of hydrogen-bond acceptors (Lipinski definition) is 4. The molecule has 0 heterocycles. The fourth-order valence-corrected chi connectivity index (χ4v) is 1.29. The van der Waals surface area contributed by atoms with Gasteiger partial charge in [-0.25, -0.2) is 9.59 Å². The van der Waals surface area contributed by atoms with Crippen molar-refractivity contribution in [3.05, 3.63) is 59.7 Å². The Balaban J connectivity index is -0.0000000889. The van der Waals surface area contributed by atoms with Crippen molar-refractivity contribution in [1.82, 2.24) is 0 Å². The molecule has 2 aromatic carbocycles. The van der Waals surface area contributed by atoms with Crippen LogP contribution >= 0.6 is 0 Å². The maximum atomic E-state index is 10.7. The van der Waals surface area contributed by atoms with E-state index in [0.717, 1.165) is 0 Å². The van der Waals surface area contributed by atoms with Gasteiger partial charge in [-0.1, -0.05) is 47.9 Å². The molecule has 0 aromatic heterocycles. The van der Waals surface area contributed by atoms with Crippen LogP contribution in [0.2, 0.25) is 0 Å². The van der Waals surface area contributed by atoms with Crippen molar-refractivity contribution in [2.24, 2.45) is 0 Å². The van der Waals surface area contributed by atoms with Crippen LogP contribution in [-0.2, 0) is 27.7 Å². The standard InChI is InChI=1S/2C7H6O3.Hg.4H2O/c2*8-6-4-2-1-3-5(6)7(9)10;;;;;/h2*1-4,8H,(H,9,10);;4*1H2/q;;+2;;;;/p-2. The molecule has 0 amide bonds. The van der Waals surface area contributed by atoms with Crippen LogP contribution in [0, 0.1) is 0 Å². The number of carbonyl (C=O) groups is 2. The number of hydrogen-bond donors (Lipinski definition) is 2. The molecule has 0 aliphatic heterocycles. The predicted molar refractivity (Wildman–Crippen MR) is 80.1 cm³/mol. The predicted octanol–water partition coefficient (Wildman–Crippen LogP) is -2.38. The van der Waals surface area contributed by atoms with Gasteiger partial charge in [0.25, 0.3) is 0 Å². The van der Waals surface area contributed by atoms with Crippen LogP contribution in [0.3, 0.4) is 0 Å². The number of carboxylic acids is 2. The van der Waals surface area contributed by atoms with Crippen LogP contribution in [-0.4, -0.2) is 44.1 Å². The Bertz CT molecular complexity index is 577. The zero-order valence-electron chi connectivity index (χ0n) is 12.9. The monoisotopic (exact) mass is 548 g/mol. The van der Waals surface area contributed by atoms with Crippen LogP contribution in [0.4, 0.5) is 0 Å². The number of para-hydroxylation sites is 2. The molecule has 25 heavy (non-hydrogen) atoms. The number of rotatable bonds is 2. The van der Waals surface area contributed by atoms with Gasteiger partial charge in [0, 0.05) is 0 Å². The summed E-state index contributed by atoms with van der Waals surface area (Å²) in [5.74, 6) is -3.25. The van der Waals surface area contributed by atoms with E-state index in [4.69, 9.17) is 10.2 Å². The summed E-state index contributed by atoms with van der Waals surface area (Å²) in [4.78, 5) is 20.4. The Morgan fingerprint density at radius 3 is 1.04 bits per heavy atom. The summed E-state index contributed by atoms with van der Waals surface area (Å²) in [6, 6.07) is 11.1. The van der Waals surface area contributed by atoms with E-state index in [1.165, 1.54) is 48.5 Å². The van der Waals surface area contributed by atoms with E-state index in [1.54, 1.807) is 0 Å². The Labute approximate surface area is 162 Å². The molecule has 136 valence electrons. The molecule has 10 N–H and O–H groups in total. The molecule has 0 fully saturated rings. The first-order valence-electron chi connectivity index (χ1n) is 5.42. The fourth-order valence-electron chi connectivity index (χ4n) is 1.29. The average molecular weight is 547 g/mol. The molecule has 0 unspecified atom stereocenters. The van der Waals surface area contributed by atoms with Crippen LogP contribution in [0.15, 0.2) is 48.5 Å². The molecule has 10 nitrogen and oxygen atoms in total. The molecule has 0 saturated carbocycles. The zero-order valence-corrected chi connectivity index (χ0v) is 18.4. The van der Waals surface area contributed by atoms with E-state index < -0.39 is 23.4 Å². The quantitative estimate of drug-likeness (QED) is 0.388. The van der Waals surface area contributed by atoms with Crippen molar-refractivity contribution in [3.8, 4) is 11.5 Å². The van der Waals surface area contributed by atoms with Crippen LogP contribution in [0.1, 0.15) is 20.7 Å². The number of aromatic carboxylic acids is 2. The molecule has 0 radical (unpaired) electrons. The minimum atomic E-state index is -1.18. The maximum absolute atomic E-state index is 10.7. The molecule has 11 heteroatoms. The molecule has 0 aliphatic rings. The summed E-state index contributed by atoms with van der Waals surface area (Å²) < 4.78 is 0. The number of benzene rings is 2. The minimum absolute atomic E-state index is 0. The first-order chi connectivity index (χ1) is 9.43. The van der Waals surface area contributed by atoms with E-state index in [0.29, 0.717) is 0 Å². The van der Waals surface area contributed by atoms with Gasteiger partial charge in [-0.2, -0.15) is 0 Å². The molecule has 0 saturated heterocycles. The molecule has 0 bridgehead atoms. The van der Waals surface area contributed by atoms with Gasteiger partial charge in [-0.05, 0) is 12.1 Å². The molecular weight excluding hydrogens is 529 g/mol. The topological polar surface area (TPSA) is 247 Å². The summed E-state index contributed by atoms with van der Waals surface area (Å²) in [7, 11) is 0. The molecule has 0 spiro atoms. The van der Waals surface area contributed by atoms with E-state index in [2.05, 4.69) is 0 Å². The van der Waals surface area contributed by atoms with Crippen LogP contribution in [0.5, 0.6) is 11.5 Å². The molecule has 0 atom stereocenters. The second kappa shape index (κ2) is 16.6. The Morgan fingerprint density at radius 1 is 0.640 bits per heavy atom. The average Bonchev–Trinajstić information content (AvgIpc) is 2.40. The second-order valence-corrected chi connectivity index (χ2v) is 3.60. The van der Waals surface area contributed by atoms with Crippen LogP contribution < -0.4 is 10.2 Å². The zero-order chi connectivity index (χ0) is 15.1. The summed E-state index contributed by atoms with van der Waals surface area (Å²) in [5.41, 5.74) is -0.356. The van der Waals surface area contributed by atoms with Crippen molar-refractivity contribution >= 4 is 11.9 Å². The first-order valence-corrected chi connectivity index (χ1v) is 5.42. The first kappa shape index (κ1) is 34.2. The Hall–Kier alpha value is -2.24. The van der Waals surface area contributed by atoms with Gasteiger partial charge < -0.3 is 42.3 Å². The van der Waals surface area contributed by atoms with Crippen molar-refractivity contribution < 1.29 is 79.6 Å². The van der Waals surface area contributed by atoms with Crippen molar-refractivity contribution in [1.29, 1.82) is 0 Å². The van der Waals surface area contributed by atoms with Crippen molar-refractivity contribution in [3.63, 3.8) is 0 Å². The second-order valence-electron chi connectivity index (χ2n) is 3.60. The van der Waals surface area contributed by atoms with E-state index >= 15 is 0 Å². The third-order valence-corrected chi connectivity index (χ3v) is 2.23. The Morgan fingerprint density at radius 2 is 0.880 bits per heavy atom. The maximum Gasteiger partial charge on any atom is 2.00 e. The molecule has 2 rings (SSSR count). The van der Waals surface area contributed by atoms with Crippen molar-refractivity contribution in [2.45, 2.75) is 0 Å².